The lowest BCUT2D eigenvalue weighted by molar-refractivity contribution is 0.276. The van der Waals surface area contributed by atoms with Crippen LogP contribution in [0.25, 0.3) is 0 Å². The minimum Gasteiger partial charge on any atom is -0.225 e. The van der Waals surface area contributed by atoms with Crippen molar-refractivity contribution in [2.75, 3.05) is 11.5 Å². The van der Waals surface area contributed by atoms with Crippen LogP contribution in [-0.4, -0.2) is 16.0 Å². The Kier molecular flexibility index (Phi) is 8.24. The van der Waals surface area contributed by atoms with E-state index in [0.29, 0.717) is 0 Å². The van der Waals surface area contributed by atoms with E-state index in [1.165, 1.54) is 25.7 Å². The molecule has 0 rings (SSSR count). The summed E-state index contributed by atoms with van der Waals surface area (Å²) in [4.78, 5) is 11.0. The zero-order valence-corrected chi connectivity index (χ0v) is 9.72. The first kappa shape index (κ1) is 12.4. The summed E-state index contributed by atoms with van der Waals surface area (Å²) in [5, 5.41) is 0. The Morgan fingerprint density at radius 2 is 1.58 bits per heavy atom. The molecule has 0 aromatic rings. The van der Waals surface area contributed by atoms with E-state index in [4.69, 9.17) is 0 Å². The first-order valence-corrected chi connectivity index (χ1v) is 6.63. The van der Waals surface area contributed by atoms with Crippen molar-refractivity contribution >= 4 is 28.0 Å². The molecular formula is C9H19OS2+. The lowest BCUT2D eigenvalue weighted by atomic mass is 10.4. The molecule has 0 amide bonds. The van der Waals surface area contributed by atoms with Gasteiger partial charge in [-0.25, -0.2) is 4.79 Å². The summed E-state index contributed by atoms with van der Waals surface area (Å²) in [6.07, 6.45) is 4.69. The number of hydrogen-bond acceptors (Lipinski definition) is 1. The summed E-state index contributed by atoms with van der Waals surface area (Å²) in [5.41, 5.74) is 0. The highest BCUT2D eigenvalue weighted by Gasteiger charge is 2.23. The van der Waals surface area contributed by atoms with Gasteiger partial charge in [-0.15, -0.1) is 0 Å². The third-order valence-electron chi connectivity index (χ3n) is 1.74. The molecule has 0 unspecified atom stereocenters. The molecule has 3 heteroatoms. The average molecular weight is 207 g/mol. The monoisotopic (exact) mass is 207 g/mol. The van der Waals surface area contributed by atoms with Gasteiger partial charge in [0.25, 0.3) is 0 Å². The van der Waals surface area contributed by atoms with Crippen LogP contribution in [0.2, 0.25) is 0 Å². The van der Waals surface area contributed by atoms with Crippen LogP contribution in [0.5, 0.6) is 0 Å². The van der Waals surface area contributed by atoms with Gasteiger partial charge < -0.3 is 0 Å². The fourth-order valence-corrected chi connectivity index (χ4v) is 3.29. The van der Waals surface area contributed by atoms with Crippen molar-refractivity contribution in [1.29, 1.82) is 0 Å². The molecule has 0 aliphatic carbocycles. The highest BCUT2D eigenvalue weighted by molar-refractivity contribution is 8.30. The first-order chi connectivity index (χ1) is 5.72. The van der Waals surface area contributed by atoms with E-state index >= 15 is 0 Å². The third-order valence-corrected chi connectivity index (χ3v) is 4.57. The van der Waals surface area contributed by atoms with Gasteiger partial charge in [0.05, 0.1) is 10.9 Å². The normalized spacial score (nSPS) is 10.7. The standard InChI is InChI=1S/C9H18OS2/c1-3-5-7-12(9(10)11)8-6-4-2/h3-8H2,1-2H3/p+1. The SMILES string of the molecule is CCCC[S+](CCCC)C(=O)S. The number of rotatable bonds is 6. The van der Waals surface area contributed by atoms with Crippen LogP contribution in [0.3, 0.4) is 0 Å². The van der Waals surface area contributed by atoms with Crippen molar-refractivity contribution in [3.05, 3.63) is 0 Å². The zero-order valence-electron chi connectivity index (χ0n) is 8.01. The topological polar surface area (TPSA) is 17.1 Å². The average Bonchev–Trinajstić information content (AvgIpc) is 2.04. The maximum atomic E-state index is 11.0. The van der Waals surface area contributed by atoms with Crippen molar-refractivity contribution < 1.29 is 4.79 Å². The van der Waals surface area contributed by atoms with Gasteiger partial charge in [0.2, 0.25) is 0 Å². The largest absolute Gasteiger partial charge is 0.386 e. The van der Waals surface area contributed by atoms with Gasteiger partial charge in [0, 0.05) is 0 Å². The molecule has 0 radical (unpaired) electrons. The van der Waals surface area contributed by atoms with Gasteiger partial charge in [0.15, 0.2) is 0 Å². The van der Waals surface area contributed by atoms with Crippen LogP contribution >= 0.6 is 12.6 Å². The Bertz CT molecular complexity index is 118. The van der Waals surface area contributed by atoms with Gasteiger partial charge in [-0.1, -0.05) is 26.7 Å². The Balaban J connectivity index is 3.62. The van der Waals surface area contributed by atoms with Gasteiger partial charge in [-0.05, 0) is 25.5 Å². The highest BCUT2D eigenvalue weighted by atomic mass is 32.2. The fourth-order valence-electron chi connectivity index (χ4n) is 0.914. The van der Waals surface area contributed by atoms with Gasteiger partial charge in [0.1, 0.15) is 11.5 Å². The molecule has 0 bridgehead atoms. The molecule has 0 saturated carbocycles. The predicted octanol–water partition coefficient (Wildman–Crippen LogP) is 3.25. The molecule has 0 aliphatic heterocycles. The maximum Gasteiger partial charge on any atom is 0.386 e. The van der Waals surface area contributed by atoms with E-state index in [2.05, 4.69) is 26.5 Å². The van der Waals surface area contributed by atoms with E-state index in [1.807, 2.05) is 0 Å². The van der Waals surface area contributed by atoms with Crippen molar-refractivity contribution in [3.63, 3.8) is 0 Å². The summed E-state index contributed by atoms with van der Waals surface area (Å²) in [6, 6.07) is 0. The second-order valence-electron chi connectivity index (χ2n) is 2.87. The molecule has 0 saturated heterocycles. The lowest BCUT2D eigenvalue weighted by Crippen LogP contribution is -2.17. The molecule has 0 aromatic carbocycles. The van der Waals surface area contributed by atoms with E-state index in [1.54, 1.807) is 0 Å². The van der Waals surface area contributed by atoms with Crippen LogP contribution < -0.4 is 0 Å². The van der Waals surface area contributed by atoms with Crippen molar-refractivity contribution in [2.45, 2.75) is 39.5 Å². The van der Waals surface area contributed by atoms with E-state index < -0.39 is 0 Å². The maximum absolute atomic E-state index is 11.0. The summed E-state index contributed by atoms with van der Waals surface area (Å²) in [7, 11) is -0.0506. The number of hydrogen-bond donors (Lipinski definition) is 1. The Morgan fingerprint density at radius 3 is 1.83 bits per heavy atom. The van der Waals surface area contributed by atoms with E-state index in [0.717, 1.165) is 11.5 Å². The fraction of sp³-hybridized carbons (Fsp3) is 0.889. The number of carbonyl (C=O) groups excluding carboxylic acids is 1. The number of unbranched alkanes of at least 4 members (excludes halogenated alkanes) is 2. The predicted molar refractivity (Wildman–Crippen MR) is 61.3 cm³/mol. The van der Waals surface area contributed by atoms with Crippen LogP contribution in [0.1, 0.15) is 39.5 Å². The Hall–Kier alpha value is 0.370. The Morgan fingerprint density at radius 1 is 1.17 bits per heavy atom. The number of carbonyl (C=O) groups is 1. The van der Waals surface area contributed by atoms with Crippen molar-refractivity contribution in [3.8, 4) is 0 Å². The molecule has 0 N–H and O–H groups in total. The van der Waals surface area contributed by atoms with Crippen LogP contribution in [-0.2, 0) is 10.9 Å². The second-order valence-corrected chi connectivity index (χ2v) is 5.76. The van der Waals surface area contributed by atoms with Gasteiger partial charge >= 0.3 is 4.45 Å². The molecule has 1 nitrogen and oxygen atoms in total. The van der Waals surface area contributed by atoms with E-state index in [-0.39, 0.29) is 15.3 Å². The third kappa shape index (κ3) is 5.95. The summed E-state index contributed by atoms with van der Waals surface area (Å²) >= 11 is 3.91. The summed E-state index contributed by atoms with van der Waals surface area (Å²) in [5.74, 6) is 2.11. The van der Waals surface area contributed by atoms with Crippen LogP contribution in [0, 0.1) is 0 Å². The molecule has 72 valence electrons. The molecule has 0 heterocycles. The second kappa shape index (κ2) is 7.99. The molecule has 0 atom stereocenters. The number of thiol groups is 1. The molecule has 0 fully saturated rings. The molecular weight excluding hydrogens is 188 g/mol. The van der Waals surface area contributed by atoms with Crippen LogP contribution in [0.4, 0.5) is 4.79 Å². The summed E-state index contributed by atoms with van der Waals surface area (Å²) < 4.78 is 0.108. The molecule has 0 aliphatic rings. The van der Waals surface area contributed by atoms with Crippen molar-refractivity contribution in [2.24, 2.45) is 0 Å². The van der Waals surface area contributed by atoms with Crippen molar-refractivity contribution in [1.82, 2.24) is 0 Å². The lowest BCUT2D eigenvalue weighted by Gasteiger charge is -2.01. The quantitative estimate of drug-likeness (QED) is 0.522. The molecule has 12 heavy (non-hydrogen) atoms. The summed E-state index contributed by atoms with van der Waals surface area (Å²) in [6.45, 7) is 4.31. The smallest absolute Gasteiger partial charge is 0.225 e. The van der Waals surface area contributed by atoms with E-state index in [9.17, 15) is 4.79 Å². The van der Waals surface area contributed by atoms with Gasteiger partial charge in [-0.2, -0.15) is 0 Å². The minimum absolute atomic E-state index is 0.0506. The molecule has 0 spiro atoms. The zero-order chi connectivity index (χ0) is 9.40. The minimum atomic E-state index is -0.0506. The van der Waals surface area contributed by atoms with Gasteiger partial charge in [-0.3, -0.25) is 0 Å². The molecule has 0 aromatic heterocycles. The van der Waals surface area contributed by atoms with Crippen LogP contribution in [0.15, 0.2) is 0 Å². The Labute approximate surface area is 84.1 Å². The highest BCUT2D eigenvalue weighted by Crippen LogP contribution is 2.09. The first-order valence-electron chi connectivity index (χ1n) is 4.62.